The van der Waals surface area contributed by atoms with Gasteiger partial charge in [0.05, 0.1) is 6.04 Å². The summed E-state index contributed by atoms with van der Waals surface area (Å²) in [7, 11) is 0. The van der Waals surface area contributed by atoms with Crippen LogP contribution in [0.25, 0.3) is 0 Å². The molecule has 104 valence electrons. The van der Waals surface area contributed by atoms with Gasteiger partial charge in [-0.05, 0) is 39.7 Å². The molecule has 1 aromatic rings. The summed E-state index contributed by atoms with van der Waals surface area (Å²) in [5.74, 6) is 0. The van der Waals surface area contributed by atoms with E-state index in [9.17, 15) is 9.59 Å². The average Bonchev–Trinajstić information content (AvgIpc) is 2.68. The third kappa shape index (κ3) is 3.56. The maximum atomic E-state index is 11.6. The van der Waals surface area contributed by atoms with E-state index < -0.39 is 5.60 Å². The first kappa shape index (κ1) is 13.6. The van der Waals surface area contributed by atoms with Gasteiger partial charge in [0, 0.05) is 12.2 Å². The van der Waals surface area contributed by atoms with Crippen LogP contribution in [0, 0.1) is 0 Å². The van der Waals surface area contributed by atoms with Gasteiger partial charge < -0.3 is 10.1 Å². The first-order valence-electron chi connectivity index (χ1n) is 6.37. The van der Waals surface area contributed by atoms with Crippen LogP contribution in [0.1, 0.15) is 50.1 Å². The average molecular weight is 265 g/mol. The molecule has 0 unspecified atom stereocenters. The molecule has 1 N–H and O–H groups in total. The van der Waals surface area contributed by atoms with Crippen molar-refractivity contribution in [2.24, 2.45) is 0 Å². The van der Waals surface area contributed by atoms with Crippen molar-refractivity contribution in [1.82, 2.24) is 15.1 Å². The number of nitrogens with one attached hydrogen (secondary N) is 1. The lowest BCUT2D eigenvalue weighted by atomic mass is 9.87. The predicted molar refractivity (Wildman–Crippen MR) is 69.0 cm³/mol. The predicted octanol–water partition coefficient (Wildman–Crippen LogP) is 1.92. The molecule has 0 saturated heterocycles. The highest BCUT2D eigenvalue weighted by Gasteiger charge is 2.33. The van der Waals surface area contributed by atoms with E-state index in [1.54, 1.807) is 16.9 Å². The lowest BCUT2D eigenvalue weighted by Crippen LogP contribution is -2.46. The zero-order valence-electron chi connectivity index (χ0n) is 11.4. The molecule has 0 bridgehead atoms. The molecule has 0 aliphatic heterocycles. The monoisotopic (exact) mass is 265 g/mol. The van der Waals surface area contributed by atoms with Gasteiger partial charge in [0.2, 0.25) is 0 Å². The van der Waals surface area contributed by atoms with Crippen LogP contribution in [0.3, 0.4) is 0 Å². The maximum Gasteiger partial charge on any atom is 0.407 e. The highest BCUT2D eigenvalue weighted by Crippen LogP contribution is 2.31. The number of hydrogen-bond acceptors (Lipinski definition) is 4. The van der Waals surface area contributed by atoms with Crippen LogP contribution in [0.15, 0.2) is 12.3 Å². The minimum atomic E-state index is -0.478. The van der Waals surface area contributed by atoms with Crippen molar-refractivity contribution < 1.29 is 14.3 Å². The third-order valence-electron chi connectivity index (χ3n) is 2.96. The lowest BCUT2D eigenvalue weighted by molar-refractivity contribution is 0.0452. The summed E-state index contributed by atoms with van der Waals surface area (Å²) in [6.07, 6.45) is 3.74. The van der Waals surface area contributed by atoms with Crippen molar-refractivity contribution in [3.63, 3.8) is 0 Å². The minimum absolute atomic E-state index is 0.115. The van der Waals surface area contributed by atoms with Crippen molar-refractivity contribution >= 4 is 12.4 Å². The molecule has 1 aromatic heterocycles. The Kier molecular flexibility index (Phi) is 3.59. The summed E-state index contributed by atoms with van der Waals surface area (Å²) in [5, 5.41) is 6.95. The van der Waals surface area contributed by atoms with Crippen LogP contribution in [0.4, 0.5) is 4.79 Å². The van der Waals surface area contributed by atoms with Gasteiger partial charge in [0.1, 0.15) is 11.3 Å². The van der Waals surface area contributed by atoms with E-state index in [1.165, 1.54) is 0 Å². The SMILES string of the molecule is CC(C)(C)OC(=O)N[C@H]1C[C@H](n2ccc(C=O)n2)C1. The van der Waals surface area contributed by atoms with E-state index in [0.717, 1.165) is 19.1 Å². The largest absolute Gasteiger partial charge is 0.444 e. The molecule has 0 atom stereocenters. The Morgan fingerprint density at radius 2 is 2.21 bits per heavy atom. The van der Waals surface area contributed by atoms with Crippen LogP contribution in [-0.2, 0) is 4.74 Å². The number of hydrogen-bond donors (Lipinski definition) is 1. The fourth-order valence-corrected chi connectivity index (χ4v) is 2.01. The summed E-state index contributed by atoms with van der Waals surface area (Å²) in [6, 6.07) is 2.04. The van der Waals surface area contributed by atoms with E-state index in [-0.39, 0.29) is 18.2 Å². The Morgan fingerprint density at radius 3 is 2.74 bits per heavy atom. The van der Waals surface area contributed by atoms with Crippen molar-refractivity contribution in [2.45, 2.75) is 51.3 Å². The summed E-state index contributed by atoms with van der Waals surface area (Å²) in [5.41, 5.74) is -0.0443. The van der Waals surface area contributed by atoms with Gasteiger partial charge in [0.25, 0.3) is 0 Å². The fraction of sp³-hybridized carbons (Fsp3) is 0.615. The molecule has 0 aromatic carbocycles. The van der Waals surface area contributed by atoms with E-state index in [4.69, 9.17) is 4.74 Å². The summed E-state index contributed by atoms with van der Waals surface area (Å²) >= 11 is 0. The zero-order chi connectivity index (χ0) is 14.0. The smallest absolute Gasteiger partial charge is 0.407 e. The van der Waals surface area contributed by atoms with Crippen LogP contribution in [0.5, 0.6) is 0 Å². The molecular formula is C13H19N3O3. The fourth-order valence-electron chi connectivity index (χ4n) is 2.01. The normalized spacial score (nSPS) is 22.5. The van der Waals surface area contributed by atoms with Crippen molar-refractivity contribution in [1.29, 1.82) is 0 Å². The number of carbonyl (C=O) groups excluding carboxylic acids is 2. The van der Waals surface area contributed by atoms with Crippen molar-refractivity contribution in [3.05, 3.63) is 18.0 Å². The topological polar surface area (TPSA) is 73.2 Å². The highest BCUT2D eigenvalue weighted by atomic mass is 16.6. The molecule has 1 saturated carbocycles. The van der Waals surface area contributed by atoms with Gasteiger partial charge in [-0.1, -0.05) is 0 Å². The van der Waals surface area contributed by atoms with Gasteiger partial charge in [-0.2, -0.15) is 5.10 Å². The molecule has 6 heteroatoms. The molecule has 6 nitrogen and oxygen atoms in total. The van der Waals surface area contributed by atoms with Gasteiger partial charge in [0.15, 0.2) is 6.29 Å². The molecule has 0 spiro atoms. The third-order valence-corrected chi connectivity index (χ3v) is 2.96. The number of alkyl carbamates (subject to hydrolysis) is 1. The maximum absolute atomic E-state index is 11.6. The van der Waals surface area contributed by atoms with Crippen molar-refractivity contribution in [2.75, 3.05) is 0 Å². The molecule has 19 heavy (non-hydrogen) atoms. The van der Waals surface area contributed by atoms with Crippen LogP contribution < -0.4 is 5.32 Å². The summed E-state index contributed by atoms with van der Waals surface area (Å²) in [6.45, 7) is 5.50. The highest BCUT2D eigenvalue weighted by molar-refractivity contribution is 5.71. The van der Waals surface area contributed by atoms with Gasteiger partial charge >= 0.3 is 6.09 Å². The van der Waals surface area contributed by atoms with Crippen molar-refractivity contribution in [3.8, 4) is 0 Å². The van der Waals surface area contributed by atoms with E-state index in [0.29, 0.717) is 5.69 Å². The van der Waals surface area contributed by atoms with Crippen LogP contribution in [0.2, 0.25) is 0 Å². The number of ether oxygens (including phenoxy) is 1. The molecule has 1 aliphatic carbocycles. The number of nitrogens with zero attached hydrogens (tertiary/aromatic N) is 2. The molecule has 0 radical (unpaired) electrons. The molecule has 2 rings (SSSR count). The number of aromatic nitrogens is 2. The standard InChI is InChI=1S/C13H19N3O3/c1-13(2,3)19-12(18)14-10-6-11(7-10)16-5-4-9(8-17)15-16/h4-5,8,10-11H,6-7H2,1-3H3,(H,14,18)/t10-,11-. The Hall–Kier alpha value is -1.85. The molecule has 1 fully saturated rings. The first-order chi connectivity index (χ1) is 8.87. The van der Waals surface area contributed by atoms with E-state index in [2.05, 4.69) is 10.4 Å². The number of amides is 1. The second-order valence-electron chi connectivity index (χ2n) is 5.81. The molecule has 1 heterocycles. The van der Waals surface area contributed by atoms with Gasteiger partial charge in [-0.3, -0.25) is 9.48 Å². The van der Waals surface area contributed by atoms with Gasteiger partial charge in [-0.25, -0.2) is 4.79 Å². The summed E-state index contributed by atoms with van der Waals surface area (Å²) < 4.78 is 6.96. The van der Waals surface area contributed by atoms with Gasteiger partial charge in [-0.15, -0.1) is 0 Å². The Labute approximate surface area is 112 Å². The minimum Gasteiger partial charge on any atom is -0.444 e. The molecule has 1 aliphatic rings. The second-order valence-corrected chi connectivity index (χ2v) is 5.81. The molecule has 1 amide bonds. The van der Waals surface area contributed by atoms with Crippen LogP contribution >= 0.6 is 0 Å². The van der Waals surface area contributed by atoms with E-state index >= 15 is 0 Å². The zero-order valence-corrected chi connectivity index (χ0v) is 11.4. The quantitative estimate of drug-likeness (QED) is 0.847. The number of carbonyl (C=O) groups is 2. The van der Waals surface area contributed by atoms with E-state index in [1.807, 2.05) is 20.8 Å². The number of rotatable bonds is 3. The Balaban J connectivity index is 1.77. The Morgan fingerprint density at radius 1 is 1.53 bits per heavy atom. The summed E-state index contributed by atoms with van der Waals surface area (Å²) in [4.78, 5) is 22.1. The number of aldehydes is 1. The first-order valence-corrected chi connectivity index (χ1v) is 6.37. The lowest BCUT2D eigenvalue weighted by Gasteiger charge is -2.36. The second kappa shape index (κ2) is 5.03. The Bertz CT molecular complexity index is 470. The molecular weight excluding hydrogens is 246 g/mol. The van der Waals surface area contributed by atoms with Crippen LogP contribution in [-0.4, -0.2) is 33.8 Å².